The van der Waals surface area contributed by atoms with E-state index >= 15 is 0 Å². The van der Waals surface area contributed by atoms with E-state index in [2.05, 4.69) is 496 Å². The second-order valence-corrected chi connectivity index (χ2v) is 34.4. The van der Waals surface area contributed by atoms with E-state index in [0.717, 1.165) is 33.5 Å². The number of hydrogen-bond donors (Lipinski definition) is 1. The number of nitrogens with one attached hydrogen (secondary N) is 1. The Bertz CT molecular complexity index is 7300. The first-order valence-corrected chi connectivity index (χ1v) is 44.4. The maximum atomic E-state index is 7.43. The van der Waals surface area contributed by atoms with Gasteiger partial charge < -0.3 is 10.2 Å². The third-order valence-corrected chi connectivity index (χ3v) is 28.2. The van der Waals surface area contributed by atoms with Crippen molar-refractivity contribution >= 4 is 40.0 Å². The molecule has 1 N–H and O–H groups in total. The maximum Gasteiger partial charge on any atom is 0.0740 e. The molecule has 0 unspecified atom stereocenters. The van der Waals surface area contributed by atoms with E-state index < -0.39 is 21.7 Å². The van der Waals surface area contributed by atoms with Gasteiger partial charge >= 0.3 is 0 Å². The van der Waals surface area contributed by atoms with Gasteiger partial charge in [0, 0.05) is 33.3 Å². The zero-order valence-corrected chi connectivity index (χ0v) is 70.4. The van der Waals surface area contributed by atoms with Crippen LogP contribution in [0.4, 0.5) is 28.4 Å². The molecule has 0 atom stereocenters. The number of nitrogens with zero attached hydrogens (tertiary/aromatic N) is 1. The van der Waals surface area contributed by atoms with Crippen molar-refractivity contribution in [2.24, 2.45) is 0 Å². The van der Waals surface area contributed by atoms with Crippen LogP contribution in [0.1, 0.15) is 89.0 Å². The summed E-state index contributed by atoms with van der Waals surface area (Å²) >= 11 is 7.43. The van der Waals surface area contributed by atoms with Crippen molar-refractivity contribution < 1.29 is 0 Å². The fourth-order valence-electron chi connectivity index (χ4n) is 22.9. The summed E-state index contributed by atoms with van der Waals surface area (Å²) in [5, 5.41) is 4.28. The lowest BCUT2D eigenvalue weighted by Crippen LogP contribution is -2.44. The fourth-order valence-corrected chi connectivity index (χ4v) is 23.2. The van der Waals surface area contributed by atoms with Crippen LogP contribution in [0.25, 0.3) is 89.0 Å². The van der Waals surface area contributed by atoms with Gasteiger partial charge in [0.2, 0.25) is 0 Å². The van der Waals surface area contributed by atoms with Crippen LogP contribution < -0.4 is 10.2 Å². The third-order valence-electron chi connectivity index (χ3n) is 27.9. The molecule has 0 heterocycles. The van der Waals surface area contributed by atoms with Gasteiger partial charge in [0.15, 0.2) is 0 Å². The second kappa shape index (κ2) is 30.4. The Kier molecular flexibility index (Phi) is 17.9. The number of halogens is 1. The topological polar surface area (TPSA) is 15.3 Å². The summed E-state index contributed by atoms with van der Waals surface area (Å²) in [6, 6.07) is 182. The molecule has 127 heavy (non-hydrogen) atoms. The summed E-state index contributed by atoms with van der Waals surface area (Å²) in [5.74, 6) is 0. The van der Waals surface area contributed by atoms with E-state index in [-0.39, 0.29) is 0 Å². The van der Waals surface area contributed by atoms with Crippen LogP contribution in [0.15, 0.2) is 497 Å². The Morgan fingerprint density at radius 3 is 0.654 bits per heavy atom. The van der Waals surface area contributed by atoms with Gasteiger partial charge in [0.25, 0.3) is 0 Å². The monoisotopic (exact) mass is 1630 g/mol. The van der Waals surface area contributed by atoms with Crippen LogP contribution in [0.3, 0.4) is 0 Å². The van der Waals surface area contributed by atoms with Crippen LogP contribution >= 0.6 is 11.6 Å². The predicted molar refractivity (Wildman–Crippen MR) is 527 cm³/mol. The van der Waals surface area contributed by atoms with Gasteiger partial charge in [0.1, 0.15) is 0 Å². The first-order valence-electron chi connectivity index (χ1n) is 44.0. The van der Waals surface area contributed by atoms with Crippen LogP contribution in [0, 0.1) is 0 Å². The Morgan fingerprint density at radius 1 is 0.157 bits per heavy atom. The van der Waals surface area contributed by atoms with E-state index in [9.17, 15) is 0 Å². The molecule has 596 valence electrons. The molecule has 2 nitrogen and oxygen atoms in total. The van der Waals surface area contributed by atoms with Crippen molar-refractivity contribution in [3.05, 3.63) is 591 Å². The number of anilines is 5. The Balaban J connectivity index is 0.000000119. The van der Waals surface area contributed by atoms with Gasteiger partial charge in [-0.25, -0.2) is 0 Å². The first kappa shape index (κ1) is 75.1. The lowest BCUT2D eigenvalue weighted by atomic mass is 9.52. The van der Waals surface area contributed by atoms with Crippen molar-refractivity contribution in [1.82, 2.24) is 0 Å². The normalized spacial score (nSPS) is 13.8. The van der Waals surface area contributed by atoms with Crippen LogP contribution in [-0.4, -0.2) is 0 Å². The first-order chi connectivity index (χ1) is 62.9. The van der Waals surface area contributed by atoms with Crippen LogP contribution in [0.5, 0.6) is 0 Å². The van der Waals surface area contributed by atoms with E-state index in [0.29, 0.717) is 0 Å². The van der Waals surface area contributed by atoms with Gasteiger partial charge in [-0.3, -0.25) is 0 Å². The van der Waals surface area contributed by atoms with Crippen molar-refractivity contribution in [3.8, 4) is 89.0 Å². The van der Waals surface area contributed by atoms with Crippen molar-refractivity contribution in [2.45, 2.75) is 21.7 Å². The van der Waals surface area contributed by atoms with E-state index in [1.54, 1.807) is 0 Å². The molecule has 0 saturated heterocycles. The molecule has 0 amide bonds. The molecule has 0 aliphatic heterocycles. The summed E-state index contributed by atoms with van der Waals surface area (Å²) in [6.07, 6.45) is 0. The van der Waals surface area contributed by atoms with Crippen molar-refractivity contribution in [1.29, 1.82) is 0 Å². The minimum absolute atomic E-state index is 0.457. The number of hydrogen-bond acceptors (Lipinski definition) is 2. The van der Waals surface area contributed by atoms with Gasteiger partial charge in [-0.05, 0) is 233 Å². The molecule has 20 aromatic carbocycles. The maximum absolute atomic E-state index is 7.43. The molecular weight excluding hydrogens is 1550 g/mol. The van der Waals surface area contributed by atoms with E-state index in [4.69, 9.17) is 11.6 Å². The molecule has 0 saturated carbocycles. The number of fused-ring (bicyclic) bond motifs is 32. The summed E-state index contributed by atoms with van der Waals surface area (Å²) in [5.41, 5.74) is 44.4. The van der Waals surface area contributed by atoms with Gasteiger partial charge in [0.05, 0.1) is 27.3 Å². The zero-order valence-electron chi connectivity index (χ0n) is 69.7. The molecule has 3 heteroatoms. The summed E-state index contributed by atoms with van der Waals surface area (Å²) in [6.45, 7) is 0. The molecule has 0 radical (unpaired) electrons. The Labute approximate surface area is 747 Å². The highest BCUT2D eigenvalue weighted by Gasteiger charge is 2.62. The molecule has 0 aromatic heterocycles. The predicted octanol–water partition coefficient (Wildman–Crippen LogP) is 31.7. The number of rotatable bonds is 9. The Hall–Kier alpha value is -15.7. The molecule has 26 rings (SSSR count). The van der Waals surface area contributed by atoms with Crippen molar-refractivity contribution in [3.63, 3.8) is 0 Å². The average Bonchev–Trinajstić information content (AvgIpc) is 1.51. The van der Waals surface area contributed by atoms with Crippen LogP contribution in [-0.2, 0) is 21.7 Å². The minimum atomic E-state index is -0.639. The van der Waals surface area contributed by atoms with Crippen molar-refractivity contribution in [2.75, 3.05) is 10.2 Å². The number of benzene rings is 20. The summed E-state index contributed by atoms with van der Waals surface area (Å²) < 4.78 is 0. The minimum Gasteiger partial charge on any atom is -0.356 e. The van der Waals surface area contributed by atoms with E-state index in [1.165, 1.54) is 178 Å². The third kappa shape index (κ3) is 11.3. The lowest BCUT2D eigenvalue weighted by molar-refractivity contribution is 0.633. The molecule has 0 bridgehead atoms. The van der Waals surface area contributed by atoms with Gasteiger partial charge in [-0.15, -0.1) is 0 Å². The standard InChI is InChI=1S/C62H41N.C38H23Cl.C24H19N/c1-3-18-42(19-4-1)44-34-38-46(39-35-44)63(47-40-36-45(37-41-47)43-20-5-2-6-21-43)59-33-17-32-58-60(59)62(54-28-13-9-24-50(54)51-25-10-14-29-55(51)62)57-31-16-15-30-56(57)61(58)52-26-11-7-22-48(52)49-23-8-12-27-53(49)61;39-35-23-11-22-34-36(35)38(30-18-7-3-14-26(30)27-15-4-8-19-31(27)38)33-21-10-9-20-32(33)37(34)28-16-5-1-12-24(28)25-13-2-6-17-29(25)37;1-3-7-19(8-4-1)21-11-15-23(16-12-21)25-24-17-13-22(14-18-24)20-9-5-2-6-10-20/h1-41H;1-23H;1-18,25H. The zero-order chi connectivity index (χ0) is 84.2. The fraction of sp³-hybridized carbons (Fsp3) is 0.0323. The molecule has 0 fully saturated rings. The molecular formula is C124H83ClN2. The second-order valence-electron chi connectivity index (χ2n) is 34.0. The largest absolute Gasteiger partial charge is 0.356 e. The molecule has 6 aliphatic carbocycles. The molecule has 20 aromatic rings. The highest BCUT2D eigenvalue weighted by molar-refractivity contribution is 6.32. The van der Waals surface area contributed by atoms with Gasteiger partial charge in [-0.2, -0.15) is 0 Å². The quantitative estimate of drug-likeness (QED) is 0.155. The summed E-state index contributed by atoms with van der Waals surface area (Å²) in [4.78, 5) is 2.53. The van der Waals surface area contributed by atoms with E-state index in [1.807, 2.05) is 12.1 Å². The molecule has 4 spiro atoms. The SMILES string of the molecule is Clc1cccc2c1C1(c3ccccc3-c3ccccc31)c1ccccc1C21c2ccccc2-c2ccccc21.c1ccc(-c2ccc(N(c3ccc(-c4ccccc4)cc3)c3cccc4c3C3(c5ccccc5-c5ccccc53)c3ccccc3C43c4ccccc4-c4ccccc43)cc2)cc1.c1ccc(-c2ccc(Nc3ccc(-c4ccccc4)cc3)cc2)cc1. The lowest BCUT2D eigenvalue weighted by Gasteiger charge is -2.50. The Morgan fingerprint density at radius 2 is 0.362 bits per heavy atom. The highest BCUT2D eigenvalue weighted by Crippen LogP contribution is 2.71. The summed E-state index contributed by atoms with van der Waals surface area (Å²) in [7, 11) is 0. The van der Waals surface area contributed by atoms with Crippen LogP contribution in [0.2, 0.25) is 5.02 Å². The molecule has 6 aliphatic rings. The van der Waals surface area contributed by atoms with Gasteiger partial charge in [-0.1, -0.05) is 448 Å². The smallest absolute Gasteiger partial charge is 0.0740 e. The highest BCUT2D eigenvalue weighted by atomic mass is 35.5. The average molecular weight is 1640 g/mol.